The van der Waals surface area contributed by atoms with Gasteiger partial charge in [-0.2, -0.15) is 0 Å². The lowest BCUT2D eigenvalue weighted by atomic mass is 9.92. The molecule has 0 bridgehead atoms. The Morgan fingerprint density at radius 3 is 2.13 bits per heavy atom. The molecule has 82 valence electrons. The van der Waals surface area contributed by atoms with Gasteiger partial charge in [-0.05, 0) is 39.2 Å². The van der Waals surface area contributed by atoms with Crippen LogP contribution in [-0.2, 0) is 11.2 Å². The second-order valence-corrected chi connectivity index (χ2v) is 4.42. The first-order chi connectivity index (χ1) is 7.02. The van der Waals surface area contributed by atoms with Crippen LogP contribution in [0.25, 0.3) is 0 Å². The quantitative estimate of drug-likeness (QED) is 0.734. The Morgan fingerprint density at radius 2 is 1.73 bits per heavy atom. The first-order valence-corrected chi connectivity index (χ1v) is 5.60. The van der Waals surface area contributed by atoms with Gasteiger partial charge < -0.3 is 0 Å². The maximum Gasteiger partial charge on any atom is 0.133 e. The molecule has 1 atom stereocenters. The van der Waals surface area contributed by atoms with Crippen molar-refractivity contribution in [1.29, 1.82) is 0 Å². The molecule has 0 radical (unpaired) electrons. The molecule has 0 amide bonds. The molecule has 0 saturated carbocycles. The van der Waals surface area contributed by atoms with Crippen LogP contribution < -0.4 is 0 Å². The van der Waals surface area contributed by atoms with Gasteiger partial charge >= 0.3 is 0 Å². The molecule has 1 nitrogen and oxygen atoms in total. The Balaban J connectivity index is 2.83. The maximum absolute atomic E-state index is 11.3. The van der Waals surface area contributed by atoms with E-state index in [2.05, 4.69) is 39.0 Å². The number of benzene rings is 1. The molecule has 0 aliphatic rings. The smallest absolute Gasteiger partial charge is 0.133 e. The second-order valence-electron chi connectivity index (χ2n) is 4.42. The fourth-order valence-electron chi connectivity index (χ4n) is 2.05. The molecule has 0 spiro atoms. The van der Waals surface area contributed by atoms with Gasteiger partial charge in [0.1, 0.15) is 5.78 Å². The van der Waals surface area contributed by atoms with Gasteiger partial charge in [0.05, 0.1) is 0 Å². The van der Waals surface area contributed by atoms with E-state index in [4.69, 9.17) is 0 Å². The molecule has 0 heterocycles. The van der Waals surface area contributed by atoms with Crippen molar-refractivity contribution in [3.05, 3.63) is 34.9 Å². The van der Waals surface area contributed by atoms with Crippen LogP contribution in [0, 0.1) is 19.8 Å². The summed E-state index contributed by atoms with van der Waals surface area (Å²) in [6, 6.07) is 6.52. The Kier molecular flexibility index (Phi) is 4.07. The van der Waals surface area contributed by atoms with Gasteiger partial charge in [0, 0.05) is 5.92 Å². The molecule has 0 aromatic heterocycles. The number of carbonyl (C=O) groups is 1. The van der Waals surface area contributed by atoms with E-state index in [1.165, 1.54) is 16.7 Å². The van der Waals surface area contributed by atoms with Crippen molar-refractivity contribution >= 4 is 5.78 Å². The summed E-state index contributed by atoms with van der Waals surface area (Å²) in [5, 5.41) is 0. The lowest BCUT2D eigenvalue weighted by Crippen LogP contribution is -2.12. The third-order valence-corrected chi connectivity index (χ3v) is 2.83. The lowest BCUT2D eigenvalue weighted by Gasteiger charge is -2.12. The van der Waals surface area contributed by atoms with Gasteiger partial charge in [-0.15, -0.1) is 0 Å². The molecule has 0 aliphatic carbocycles. The SMILES string of the molecule is CCC(Cc1cc(C)cc(C)c1)C(C)=O. The Hall–Kier alpha value is -1.11. The average molecular weight is 204 g/mol. The van der Waals surface area contributed by atoms with Gasteiger partial charge in [-0.1, -0.05) is 36.2 Å². The van der Waals surface area contributed by atoms with Gasteiger partial charge in [0.2, 0.25) is 0 Å². The Bertz CT molecular complexity index is 332. The summed E-state index contributed by atoms with van der Waals surface area (Å²) >= 11 is 0. The minimum atomic E-state index is 0.186. The predicted octanol–water partition coefficient (Wildman–Crippen LogP) is 3.46. The van der Waals surface area contributed by atoms with Gasteiger partial charge in [-0.3, -0.25) is 4.79 Å². The normalized spacial score (nSPS) is 12.5. The van der Waals surface area contributed by atoms with E-state index in [9.17, 15) is 4.79 Å². The van der Waals surface area contributed by atoms with Crippen LogP contribution in [0.15, 0.2) is 18.2 Å². The molecule has 1 rings (SSSR count). The van der Waals surface area contributed by atoms with Crippen LogP contribution in [0.1, 0.15) is 37.0 Å². The van der Waals surface area contributed by atoms with Crippen molar-refractivity contribution < 1.29 is 4.79 Å². The zero-order valence-electron chi connectivity index (χ0n) is 10.1. The van der Waals surface area contributed by atoms with E-state index in [1.54, 1.807) is 6.92 Å². The van der Waals surface area contributed by atoms with Crippen LogP contribution in [0.2, 0.25) is 0 Å². The molecule has 1 heteroatoms. The molecule has 1 aromatic rings. The first kappa shape index (κ1) is 12.0. The van der Waals surface area contributed by atoms with Crippen LogP contribution in [0.4, 0.5) is 0 Å². The number of hydrogen-bond donors (Lipinski definition) is 0. The zero-order valence-corrected chi connectivity index (χ0v) is 10.1. The van der Waals surface area contributed by atoms with Gasteiger partial charge in [-0.25, -0.2) is 0 Å². The number of ketones is 1. The van der Waals surface area contributed by atoms with Crippen molar-refractivity contribution in [3.8, 4) is 0 Å². The zero-order chi connectivity index (χ0) is 11.4. The van der Waals surface area contributed by atoms with E-state index in [1.807, 2.05) is 0 Å². The standard InChI is InChI=1S/C14H20O/c1-5-14(12(4)15)9-13-7-10(2)6-11(3)8-13/h6-8,14H,5,9H2,1-4H3. The minimum absolute atomic E-state index is 0.186. The van der Waals surface area contributed by atoms with Crippen LogP contribution in [0.5, 0.6) is 0 Å². The van der Waals surface area contributed by atoms with Crippen molar-refractivity contribution in [2.24, 2.45) is 5.92 Å². The highest BCUT2D eigenvalue weighted by atomic mass is 16.1. The number of aryl methyl sites for hydroxylation is 2. The molecular formula is C14H20O. The second kappa shape index (κ2) is 5.11. The van der Waals surface area contributed by atoms with Gasteiger partial charge in [0.25, 0.3) is 0 Å². The molecule has 0 fully saturated rings. The van der Waals surface area contributed by atoms with Crippen LogP contribution >= 0.6 is 0 Å². The minimum Gasteiger partial charge on any atom is -0.300 e. The fourth-order valence-corrected chi connectivity index (χ4v) is 2.05. The highest BCUT2D eigenvalue weighted by Gasteiger charge is 2.12. The highest BCUT2D eigenvalue weighted by Crippen LogP contribution is 2.16. The van der Waals surface area contributed by atoms with Crippen molar-refractivity contribution in [1.82, 2.24) is 0 Å². The number of hydrogen-bond acceptors (Lipinski definition) is 1. The molecule has 1 aromatic carbocycles. The third kappa shape index (κ3) is 3.50. The summed E-state index contributed by atoms with van der Waals surface area (Å²) in [6.45, 7) is 7.97. The predicted molar refractivity (Wildman–Crippen MR) is 64.1 cm³/mol. The third-order valence-electron chi connectivity index (χ3n) is 2.83. The molecule has 1 unspecified atom stereocenters. The molecular weight excluding hydrogens is 184 g/mol. The average Bonchev–Trinajstić information content (AvgIpc) is 2.12. The molecule has 0 aliphatic heterocycles. The summed E-state index contributed by atoms with van der Waals surface area (Å²) in [6.07, 6.45) is 1.82. The van der Waals surface area contributed by atoms with E-state index in [0.29, 0.717) is 5.78 Å². The number of rotatable bonds is 4. The summed E-state index contributed by atoms with van der Waals surface area (Å²) in [4.78, 5) is 11.3. The van der Waals surface area contributed by atoms with Crippen LogP contribution in [0.3, 0.4) is 0 Å². The summed E-state index contributed by atoms with van der Waals surface area (Å²) in [7, 11) is 0. The summed E-state index contributed by atoms with van der Waals surface area (Å²) < 4.78 is 0. The molecule has 15 heavy (non-hydrogen) atoms. The van der Waals surface area contributed by atoms with Crippen LogP contribution in [-0.4, -0.2) is 5.78 Å². The highest BCUT2D eigenvalue weighted by molar-refractivity contribution is 5.78. The number of carbonyl (C=O) groups excluding carboxylic acids is 1. The Morgan fingerprint density at radius 1 is 1.20 bits per heavy atom. The molecule has 0 saturated heterocycles. The summed E-state index contributed by atoms with van der Waals surface area (Å²) in [5.74, 6) is 0.489. The Labute approximate surface area is 92.5 Å². The maximum atomic E-state index is 11.3. The van der Waals surface area contributed by atoms with Gasteiger partial charge in [0.15, 0.2) is 0 Å². The van der Waals surface area contributed by atoms with Crippen molar-refractivity contribution in [2.75, 3.05) is 0 Å². The van der Waals surface area contributed by atoms with Crippen molar-refractivity contribution in [3.63, 3.8) is 0 Å². The van der Waals surface area contributed by atoms with E-state index in [-0.39, 0.29) is 5.92 Å². The summed E-state index contributed by atoms with van der Waals surface area (Å²) in [5.41, 5.74) is 3.85. The topological polar surface area (TPSA) is 17.1 Å². The van der Waals surface area contributed by atoms with E-state index >= 15 is 0 Å². The van der Waals surface area contributed by atoms with E-state index in [0.717, 1.165) is 12.8 Å². The number of Topliss-reactive ketones (excluding diaryl/α,β-unsaturated/α-hetero) is 1. The first-order valence-electron chi connectivity index (χ1n) is 5.60. The monoisotopic (exact) mass is 204 g/mol. The van der Waals surface area contributed by atoms with Crippen molar-refractivity contribution in [2.45, 2.75) is 40.5 Å². The largest absolute Gasteiger partial charge is 0.300 e. The lowest BCUT2D eigenvalue weighted by molar-refractivity contribution is -0.120. The molecule has 0 N–H and O–H groups in total. The van der Waals surface area contributed by atoms with E-state index < -0.39 is 0 Å². The fraction of sp³-hybridized carbons (Fsp3) is 0.500.